The molecule has 2 heterocycles. The van der Waals surface area contributed by atoms with Crippen LogP contribution in [0.25, 0.3) is 0 Å². The molecule has 0 aromatic carbocycles. The third kappa shape index (κ3) is 3.04. The molecule has 0 radical (unpaired) electrons. The molecule has 2 saturated heterocycles. The van der Waals surface area contributed by atoms with E-state index in [1.807, 2.05) is 0 Å². The van der Waals surface area contributed by atoms with Gasteiger partial charge in [-0.1, -0.05) is 13.8 Å². The van der Waals surface area contributed by atoms with E-state index in [-0.39, 0.29) is 5.92 Å². The highest BCUT2D eigenvalue weighted by Crippen LogP contribution is 2.20. The molecule has 0 aromatic heterocycles. The smallest absolute Gasteiger partial charge is 0.227 e. The molecule has 3 atom stereocenters. The van der Waals surface area contributed by atoms with Gasteiger partial charge in [0, 0.05) is 32.2 Å². The van der Waals surface area contributed by atoms with Crippen molar-refractivity contribution in [1.82, 2.24) is 15.1 Å². The van der Waals surface area contributed by atoms with Gasteiger partial charge in [0.25, 0.3) is 0 Å². The maximum absolute atomic E-state index is 12.5. The summed E-state index contributed by atoms with van der Waals surface area (Å²) in [6, 6.07) is 0.502. The van der Waals surface area contributed by atoms with E-state index in [1.54, 1.807) is 0 Å². The minimum absolute atomic E-state index is 0.203. The number of piperidine rings is 1. The Morgan fingerprint density at radius 1 is 1.28 bits per heavy atom. The van der Waals surface area contributed by atoms with Gasteiger partial charge in [0.1, 0.15) is 0 Å². The van der Waals surface area contributed by atoms with Crippen LogP contribution < -0.4 is 5.32 Å². The molecule has 1 amide bonds. The first-order chi connectivity index (χ1) is 8.61. The average molecular weight is 253 g/mol. The molecule has 2 fully saturated rings. The van der Waals surface area contributed by atoms with Crippen LogP contribution in [0.1, 0.15) is 27.2 Å². The molecule has 0 spiro atoms. The molecule has 0 aromatic rings. The second-order valence-corrected chi connectivity index (χ2v) is 5.96. The Hall–Kier alpha value is -0.610. The number of amides is 1. The average Bonchev–Trinajstić information content (AvgIpc) is 2.37. The van der Waals surface area contributed by atoms with E-state index in [9.17, 15) is 4.79 Å². The predicted molar refractivity (Wildman–Crippen MR) is 73.4 cm³/mol. The second-order valence-electron chi connectivity index (χ2n) is 5.96. The quantitative estimate of drug-likeness (QED) is 0.790. The van der Waals surface area contributed by atoms with Gasteiger partial charge in [-0.15, -0.1) is 0 Å². The van der Waals surface area contributed by atoms with E-state index < -0.39 is 0 Å². The maximum atomic E-state index is 12.5. The zero-order valence-corrected chi connectivity index (χ0v) is 12.0. The summed E-state index contributed by atoms with van der Waals surface area (Å²) in [5.41, 5.74) is 0. The van der Waals surface area contributed by atoms with Gasteiger partial charge in [0.15, 0.2) is 0 Å². The van der Waals surface area contributed by atoms with Crippen molar-refractivity contribution in [3.8, 4) is 0 Å². The van der Waals surface area contributed by atoms with Crippen LogP contribution in [0.4, 0.5) is 0 Å². The van der Waals surface area contributed by atoms with Crippen LogP contribution in [-0.4, -0.2) is 61.0 Å². The number of piperazine rings is 1. The van der Waals surface area contributed by atoms with E-state index in [0.29, 0.717) is 17.9 Å². The Labute approximate surface area is 111 Å². The van der Waals surface area contributed by atoms with Gasteiger partial charge in [0.2, 0.25) is 5.91 Å². The van der Waals surface area contributed by atoms with Gasteiger partial charge in [-0.05, 0) is 32.4 Å². The number of rotatable bonds is 2. The minimum Gasteiger partial charge on any atom is -0.340 e. The summed E-state index contributed by atoms with van der Waals surface area (Å²) in [5.74, 6) is 1.20. The zero-order chi connectivity index (χ0) is 13.1. The van der Waals surface area contributed by atoms with Crippen LogP contribution >= 0.6 is 0 Å². The molecule has 18 heavy (non-hydrogen) atoms. The Kier molecular flexibility index (Phi) is 4.62. The van der Waals surface area contributed by atoms with E-state index in [2.05, 4.69) is 35.9 Å². The molecule has 0 saturated carbocycles. The summed E-state index contributed by atoms with van der Waals surface area (Å²) in [7, 11) is 0. The fourth-order valence-electron chi connectivity index (χ4n) is 3.27. The molecule has 3 unspecified atom stereocenters. The van der Waals surface area contributed by atoms with E-state index in [4.69, 9.17) is 0 Å². The Morgan fingerprint density at radius 2 is 2.06 bits per heavy atom. The van der Waals surface area contributed by atoms with Crippen molar-refractivity contribution < 1.29 is 4.79 Å². The number of nitrogens with zero attached hydrogens (tertiary/aromatic N) is 2. The van der Waals surface area contributed by atoms with Crippen molar-refractivity contribution in [2.24, 2.45) is 11.8 Å². The molecule has 1 N–H and O–H groups in total. The van der Waals surface area contributed by atoms with Gasteiger partial charge < -0.3 is 10.2 Å². The molecule has 104 valence electrons. The lowest BCUT2D eigenvalue weighted by Crippen LogP contribution is -2.56. The highest BCUT2D eigenvalue weighted by Gasteiger charge is 2.32. The summed E-state index contributed by atoms with van der Waals surface area (Å²) in [6.07, 6.45) is 1.05. The van der Waals surface area contributed by atoms with Gasteiger partial charge in [0.05, 0.1) is 5.92 Å². The van der Waals surface area contributed by atoms with Crippen LogP contribution in [0.15, 0.2) is 0 Å². The van der Waals surface area contributed by atoms with Gasteiger partial charge >= 0.3 is 0 Å². The van der Waals surface area contributed by atoms with Gasteiger partial charge in [-0.25, -0.2) is 0 Å². The van der Waals surface area contributed by atoms with Crippen molar-refractivity contribution >= 4 is 5.91 Å². The third-order valence-electron chi connectivity index (χ3n) is 4.40. The maximum Gasteiger partial charge on any atom is 0.227 e. The molecular weight excluding hydrogens is 226 g/mol. The molecule has 2 rings (SSSR count). The van der Waals surface area contributed by atoms with Crippen LogP contribution in [0.5, 0.6) is 0 Å². The third-order valence-corrected chi connectivity index (χ3v) is 4.40. The van der Waals surface area contributed by atoms with Crippen molar-refractivity contribution in [3.63, 3.8) is 0 Å². The summed E-state index contributed by atoms with van der Waals surface area (Å²) < 4.78 is 0. The van der Waals surface area contributed by atoms with Gasteiger partial charge in [-0.3, -0.25) is 9.69 Å². The second kappa shape index (κ2) is 6.02. The van der Waals surface area contributed by atoms with Crippen LogP contribution in [0.2, 0.25) is 0 Å². The topological polar surface area (TPSA) is 35.6 Å². The lowest BCUT2D eigenvalue weighted by atomic mass is 9.90. The van der Waals surface area contributed by atoms with Crippen molar-refractivity contribution in [3.05, 3.63) is 0 Å². The monoisotopic (exact) mass is 253 g/mol. The fourth-order valence-corrected chi connectivity index (χ4v) is 3.27. The highest BCUT2D eigenvalue weighted by atomic mass is 16.2. The first-order valence-electron chi connectivity index (χ1n) is 7.35. The molecule has 0 bridgehead atoms. The number of likely N-dealkylation sites (N-methyl/N-ethyl adjacent to an activating group) is 1. The number of carbonyl (C=O) groups is 1. The predicted octanol–water partition coefficient (Wildman–Crippen LogP) is 0.785. The van der Waals surface area contributed by atoms with Crippen molar-refractivity contribution in [1.29, 1.82) is 0 Å². The SMILES string of the molecule is CCN1CCN(C(=O)C2CNCC(C)C2)CC1C. The number of carbonyl (C=O) groups excluding carboxylic acids is 1. The summed E-state index contributed by atoms with van der Waals surface area (Å²) in [6.45, 7) is 12.5. The number of hydrogen-bond acceptors (Lipinski definition) is 3. The zero-order valence-electron chi connectivity index (χ0n) is 12.0. The van der Waals surface area contributed by atoms with E-state index >= 15 is 0 Å². The number of nitrogens with one attached hydrogen (secondary N) is 1. The molecule has 2 aliphatic heterocycles. The van der Waals surface area contributed by atoms with Crippen LogP contribution in [0.3, 0.4) is 0 Å². The molecule has 4 nitrogen and oxygen atoms in total. The molecule has 4 heteroatoms. The van der Waals surface area contributed by atoms with E-state index in [0.717, 1.165) is 45.7 Å². The largest absolute Gasteiger partial charge is 0.340 e. The first kappa shape index (κ1) is 13.8. The standard InChI is InChI=1S/C14H27N3O/c1-4-16-5-6-17(10-12(16)3)14(18)13-7-11(2)8-15-9-13/h11-13,15H,4-10H2,1-3H3. The van der Waals surface area contributed by atoms with Crippen LogP contribution in [-0.2, 0) is 4.79 Å². The molecule has 0 aliphatic carbocycles. The van der Waals surface area contributed by atoms with Crippen molar-refractivity contribution in [2.75, 3.05) is 39.3 Å². The summed E-state index contributed by atoms with van der Waals surface area (Å²) >= 11 is 0. The highest BCUT2D eigenvalue weighted by molar-refractivity contribution is 5.79. The lowest BCUT2D eigenvalue weighted by Gasteiger charge is -2.41. The Morgan fingerprint density at radius 3 is 2.67 bits per heavy atom. The Bertz CT molecular complexity index is 295. The van der Waals surface area contributed by atoms with Crippen LogP contribution in [0, 0.1) is 11.8 Å². The number of hydrogen-bond donors (Lipinski definition) is 1. The fraction of sp³-hybridized carbons (Fsp3) is 0.929. The van der Waals surface area contributed by atoms with E-state index in [1.165, 1.54) is 0 Å². The molecular formula is C14H27N3O. The lowest BCUT2D eigenvalue weighted by molar-refractivity contribution is -0.139. The Balaban J connectivity index is 1.89. The molecule has 2 aliphatic rings. The van der Waals surface area contributed by atoms with Gasteiger partial charge in [-0.2, -0.15) is 0 Å². The summed E-state index contributed by atoms with van der Waals surface area (Å²) in [4.78, 5) is 17.0. The normalized spacial score (nSPS) is 34.6. The first-order valence-corrected chi connectivity index (χ1v) is 7.35. The minimum atomic E-state index is 0.203. The summed E-state index contributed by atoms with van der Waals surface area (Å²) in [5, 5.41) is 3.38. The van der Waals surface area contributed by atoms with Crippen molar-refractivity contribution in [2.45, 2.75) is 33.2 Å².